The van der Waals surface area contributed by atoms with Crippen molar-refractivity contribution in [2.24, 2.45) is 0 Å². The molecule has 0 radical (unpaired) electrons. The van der Waals surface area contributed by atoms with Crippen molar-refractivity contribution in [3.05, 3.63) is 26.7 Å². The number of hydrogen-bond acceptors (Lipinski definition) is 4. The monoisotopic (exact) mass is 237 g/mol. The Morgan fingerprint density at radius 3 is 2.76 bits per heavy atom. The second-order valence-electron chi connectivity index (χ2n) is 3.96. The minimum Gasteiger partial charge on any atom is -0.336 e. The Morgan fingerprint density at radius 1 is 1.29 bits per heavy atom. The van der Waals surface area contributed by atoms with E-state index < -0.39 is 11.2 Å². The van der Waals surface area contributed by atoms with Gasteiger partial charge in [0.25, 0.3) is 5.56 Å². The van der Waals surface area contributed by atoms with Crippen LogP contribution in [-0.2, 0) is 0 Å². The van der Waals surface area contributed by atoms with Crippen LogP contribution >= 0.6 is 0 Å². The van der Waals surface area contributed by atoms with Gasteiger partial charge in [0.2, 0.25) is 0 Å². The zero-order chi connectivity index (χ0) is 12.4. The van der Waals surface area contributed by atoms with Crippen LogP contribution in [0, 0.1) is 0 Å². The second kappa shape index (κ2) is 4.54. The summed E-state index contributed by atoms with van der Waals surface area (Å²) in [5.41, 5.74) is -0.377. The van der Waals surface area contributed by atoms with Crippen LogP contribution in [0.15, 0.2) is 9.59 Å². The van der Waals surface area contributed by atoms with Gasteiger partial charge in [-0.05, 0) is 6.54 Å². The van der Waals surface area contributed by atoms with E-state index in [4.69, 9.17) is 0 Å². The van der Waals surface area contributed by atoms with Crippen molar-refractivity contribution in [1.82, 2.24) is 25.3 Å². The fraction of sp³-hybridized carbons (Fsp3) is 0.500. The smallest absolute Gasteiger partial charge is 0.327 e. The number of rotatable bonds is 4. The van der Waals surface area contributed by atoms with Gasteiger partial charge >= 0.3 is 5.69 Å². The van der Waals surface area contributed by atoms with Gasteiger partial charge in [-0.1, -0.05) is 13.8 Å². The van der Waals surface area contributed by atoms with Crippen LogP contribution in [-0.4, -0.2) is 33.0 Å². The third kappa shape index (κ3) is 2.28. The number of likely N-dealkylation sites (N-methyl/N-ethyl adjacent to an activating group) is 1. The minimum absolute atomic E-state index is 0.144. The lowest BCUT2D eigenvalue weighted by Gasteiger charge is -2.07. The molecule has 17 heavy (non-hydrogen) atoms. The van der Waals surface area contributed by atoms with Crippen molar-refractivity contribution >= 4 is 11.2 Å². The van der Waals surface area contributed by atoms with E-state index in [-0.39, 0.29) is 5.92 Å². The van der Waals surface area contributed by atoms with E-state index in [1.54, 1.807) is 0 Å². The molecule has 0 amide bonds. The van der Waals surface area contributed by atoms with Gasteiger partial charge in [0.15, 0.2) is 5.65 Å². The SMILES string of the molecule is CCNCC(C)c1nc2[nH]c(=O)[nH]c(=O)c2[nH]1. The topological polar surface area (TPSA) is 106 Å². The summed E-state index contributed by atoms with van der Waals surface area (Å²) in [5, 5.41) is 3.20. The average Bonchev–Trinajstić information content (AvgIpc) is 2.69. The Kier molecular flexibility index (Phi) is 3.10. The number of nitrogens with one attached hydrogen (secondary N) is 4. The third-order valence-corrected chi connectivity index (χ3v) is 2.58. The second-order valence-corrected chi connectivity index (χ2v) is 3.96. The number of H-pyrrole nitrogens is 3. The molecule has 7 nitrogen and oxygen atoms in total. The number of aromatic nitrogens is 4. The lowest BCUT2D eigenvalue weighted by molar-refractivity contribution is 0.614. The number of nitrogens with zero attached hydrogens (tertiary/aromatic N) is 1. The molecule has 0 saturated heterocycles. The van der Waals surface area contributed by atoms with Crippen LogP contribution in [0.2, 0.25) is 0 Å². The van der Waals surface area contributed by atoms with Gasteiger partial charge in [0.05, 0.1) is 0 Å². The van der Waals surface area contributed by atoms with E-state index in [2.05, 4.69) is 25.3 Å². The number of hydrogen-bond donors (Lipinski definition) is 4. The summed E-state index contributed by atoms with van der Waals surface area (Å²) in [6.45, 7) is 5.65. The van der Waals surface area contributed by atoms with E-state index in [1.807, 2.05) is 13.8 Å². The zero-order valence-electron chi connectivity index (χ0n) is 9.76. The van der Waals surface area contributed by atoms with Gasteiger partial charge in [0.1, 0.15) is 11.3 Å². The molecule has 1 unspecified atom stereocenters. The molecule has 92 valence electrons. The van der Waals surface area contributed by atoms with Gasteiger partial charge < -0.3 is 10.3 Å². The van der Waals surface area contributed by atoms with E-state index >= 15 is 0 Å². The molecule has 2 rings (SSSR count). The van der Waals surface area contributed by atoms with Gasteiger partial charge in [-0.15, -0.1) is 0 Å². The van der Waals surface area contributed by atoms with Crippen LogP contribution in [0.4, 0.5) is 0 Å². The molecule has 0 bridgehead atoms. The molecular formula is C10H15N5O2. The van der Waals surface area contributed by atoms with Gasteiger partial charge in [0, 0.05) is 12.5 Å². The predicted molar refractivity (Wildman–Crippen MR) is 64.3 cm³/mol. The van der Waals surface area contributed by atoms with Gasteiger partial charge in [-0.2, -0.15) is 0 Å². The van der Waals surface area contributed by atoms with Gasteiger partial charge in [-0.25, -0.2) is 9.78 Å². The summed E-state index contributed by atoms with van der Waals surface area (Å²) in [4.78, 5) is 34.4. The highest BCUT2D eigenvalue weighted by Gasteiger charge is 2.12. The van der Waals surface area contributed by atoms with Crippen molar-refractivity contribution < 1.29 is 0 Å². The number of aromatic amines is 3. The molecule has 2 aromatic heterocycles. The molecule has 0 saturated carbocycles. The molecule has 0 fully saturated rings. The molecule has 1 atom stereocenters. The highest BCUT2D eigenvalue weighted by molar-refractivity contribution is 5.68. The van der Waals surface area contributed by atoms with Crippen LogP contribution in [0.3, 0.4) is 0 Å². The van der Waals surface area contributed by atoms with E-state index in [1.165, 1.54) is 0 Å². The highest BCUT2D eigenvalue weighted by atomic mass is 16.2. The maximum Gasteiger partial charge on any atom is 0.327 e. The maximum absolute atomic E-state index is 11.5. The number of fused-ring (bicyclic) bond motifs is 1. The molecule has 7 heteroatoms. The van der Waals surface area contributed by atoms with Crippen LogP contribution in [0.25, 0.3) is 11.2 Å². The first-order chi connectivity index (χ1) is 8.11. The van der Waals surface area contributed by atoms with Crippen molar-refractivity contribution in [3.63, 3.8) is 0 Å². The molecule has 0 spiro atoms. The van der Waals surface area contributed by atoms with E-state index in [0.29, 0.717) is 17.0 Å². The summed E-state index contributed by atoms with van der Waals surface area (Å²) in [5.74, 6) is 0.832. The molecule has 2 aromatic rings. The first-order valence-corrected chi connectivity index (χ1v) is 5.54. The molecule has 2 heterocycles. The zero-order valence-corrected chi connectivity index (χ0v) is 9.76. The summed E-state index contributed by atoms with van der Waals surface area (Å²) in [7, 11) is 0. The van der Waals surface area contributed by atoms with Crippen molar-refractivity contribution in [1.29, 1.82) is 0 Å². The van der Waals surface area contributed by atoms with Gasteiger partial charge in [-0.3, -0.25) is 14.8 Å². The summed E-state index contributed by atoms with van der Waals surface area (Å²) >= 11 is 0. The normalized spacial score (nSPS) is 13.1. The molecule has 0 aromatic carbocycles. The summed E-state index contributed by atoms with van der Waals surface area (Å²) in [6.07, 6.45) is 0. The predicted octanol–water partition coefficient (Wildman–Crippen LogP) is -0.347. The molecule has 0 aliphatic heterocycles. The molecule has 0 aliphatic carbocycles. The molecule has 4 N–H and O–H groups in total. The Labute approximate surface area is 96.7 Å². The standard InChI is InChI=1S/C10H15N5O2/c1-3-11-4-5(2)7-12-6-8(13-7)14-10(17)15-9(6)16/h5,11H,3-4H2,1-2H3,(H3,12,13,14,15,16,17). The summed E-state index contributed by atoms with van der Waals surface area (Å²) in [6, 6.07) is 0. The van der Waals surface area contributed by atoms with Crippen LogP contribution in [0.5, 0.6) is 0 Å². The van der Waals surface area contributed by atoms with Crippen LogP contribution in [0.1, 0.15) is 25.6 Å². The Morgan fingerprint density at radius 2 is 2.06 bits per heavy atom. The van der Waals surface area contributed by atoms with Crippen molar-refractivity contribution in [3.8, 4) is 0 Å². The fourth-order valence-electron chi connectivity index (χ4n) is 1.64. The van der Waals surface area contributed by atoms with E-state index in [9.17, 15) is 9.59 Å². The third-order valence-electron chi connectivity index (χ3n) is 2.58. The Hall–Kier alpha value is -1.89. The average molecular weight is 237 g/mol. The first kappa shape index (κ1) is 11.6. The minimum atomic E-state index is -0.542. The Bertz CT molecular complexity index is 623. The molecule has 0 aliphatic rings. The highest BCUT2D eigenvalue weighted by Crippen LogP contribution is 2.12. The summed E-state index contributed by atoms with van der Waals surface area (Å²) < 4.78 is 0. The lowest BCUT2D eigenvalue weighted by Crippen LogP contribution is -2.21. The van der Waals surface area contributed by atoms with Crippen molar-refractivity contribution in [2.75, 3.05) is 13.1 Å². The fourth-order valence-corrected chi connectivity index (χ4v) is 1.64. The quantitative estimate of drug-likeness (QED) is 0.583. The lowest BCUT2D eigenvalue weighted by atomic mass is 10.2. The number of imidazole rings is 1. The largest absolute Gasteiger partial charge is 0.336 e. The van der Waals surface area contributed by atoms with E-state index in [0.717, 1.165) is 13.1 Å². The van der Waals surface area contributed by atoms with Crippen LogP contribution < -0.4 is 16.6 Å². The maximum atomic E-state index is 11.5. The van der Waals surface area contributed by atoms with Crippen molar-refractivity contribution in [2.45, 2.75) is 19.8 Å². The Balaban J connectivity index is 2.41. The first-order valence-electron chi connectivity index (χ1n) is 5.54. The molecular weight excluding hydrogens is 222 g/mol.